The van der Waals surface area contributed by atoms with E-state index in [0.29, 0.717) is 62.2 Å². The van der Waals surface area contributed by atoms with Crippen molar-refractivity contribution in [2.45, 2.75) is 56.9 Å². The van der Waals surface area contributed by atoms with Gasteiger partial charge in [-0.05, 0) is 67.6 Å². The maximum atomic E-state index is 12.5. The Morgan fingerprint density at radius 1 is 1.06 bits per heavy atom. The second-order valence-corrected chi connectivity index (χ2v) is 12.1. The zero-order valence-electron chi connectivity index (χ0n) is 27.2. The Morgan fingerprint density at radius 2 is 1.78 bits per heavy atom. The molecule has 49 heavy (non-hydrogen) atoms. The lowest BCUT2D eigenvalue weighted by Gasteiger charge is -2.31. The van der Waals surface area contributed by atoms with Crippen molar-refractivity contribution in [2.75, 3.05) is 51.6 Å². The number of H-pyrrole nitrogens is 1. The number of halogens is 3. The van der Waals surface area contributed by atoms with Crippen molar-refractivity contribution in [3.05, 3.63) is 70.0 Å². The third-order valence-corrected chi connectivity index (χ3v) is 8.44. The van der Waals surface area contributed by atoms with Gasteiger partial charge in [0.1, 0.15) is 11.9 Å². The van der Waals surface area contributed by atoms with Crippen LogP contribution in [0.5, 0.6) is 5.75 Å². The number of phenolic OH excluding ortho intramolecular Hbond substituents is 1. The number of aliphatic hydroxyl groups is 1. The number of carbonyl (C=O) groups is 3. The number of aromatic nitrogens is 1. The summed E-state index contributed by atoms with van der Waals surface area (Å²) in [5.74, 6) is -2.52. The first-order valence-corrected chi connectivity index (χ1v) is 16.2. The summed E-state index contributed by atoms with van der Waals surface area (Å²) in [4.78, 5) is 53.7. The molecule has 1 aromatic heterocycles. The number of piperidine rings is 1. The van der Waals surface area contributed by atoms with Crippen LogP contribution in [0.3, 0.4) is 0 Å². The quantitative estimate of drug-likeness (QED) is 0.119. The number of benzene rings is 2. The van der Waals surface area contributed by atoms with Crippen molar-refractivity contribution in [1.29, 1.82) is 0 Å². The van der Waals surface area contributed by atoms with Crippen LogP contribution in [0.4, 0.5) is 18.9 Å². The average Bonchev–Trinajstić information content (AvgIpc) is 3.06. The monoisotopic (exact) mass is 689 g/mol. The summed E-state index contributed by atoms with van der Waals surface area (Å²) >= 11 is 0. The molecule has 0 spiro atoms. The molecule has 5 N–H and O–H groups in total. The summed E-state index contributed by atoms with van der Waals surface area (Å²) in [6.45, 7) is 2.55. The molecule has 1 fully saturated rings. The van der Waals surface area contributed by atoms with Crippen LogP contribution in [0.1, 0.15) is 49.3 Å². The highest BCUT2D eigenvalue weighted by Gasteiger charge is 2.42. The Labute approximate surface area is 281 Å². The van der Waals surface area contributed by atoms with E-state index in [2.05, 4.69) is 20.4 Å². The van der Waals surface area contributed by atoms with Gasteiger partial charge in [0, 0.05) is 69.8 Å². The van der Waals surface area contributed by atoms with E-state index in [4.69, 9.17) is 0 Å². The molecule has 0 saturated carbocycles. The van der Waals surface area contributed by atoms with Gasteiger partial charge in [0.2, 0.25) is 17.4 Å². The SMILES string of the molecule is CN(CCCC(=O)Nc1ccc(CCNC[C@H](O)c2ccc(O)c3[nH]c(=O)ccc23)cc1)C(=O)CCN1CCC(OC(=O)C(F)(F)F)CC1. The summed E-state index contributed by atoms with van der Waals surface area (Å²) in [6, 6.07) is 13.4. The molecule has 2 heterocycles. The van der Waals surface area contributed by atoms with Crippen LogP contribution >= 0.6 is 0 Å². The number of aromatic amines is 1. The van der Waals surface area contributed by atoms with Gasteiger partial charge in [-0.2, -0.15) is 13.2 Å². The molecule has 1 saturated heterocycles. The van der Waals surface area contributed by atoms with Gasteiger partial charge in [-0.15, -0.1) is 0 Å². The van der Waals surface area contributed by atoms with Crippen LogP contribution in [0.2, 0.25) is 0 Å². The number of aliphatic hydroxyl groups excluding tert-OH is 1. The molecule has 0 bridgehead atoms. The maximum absolute atomic E-state index is 12.5. The fourth-order valence-electron chi connectivity index (χ4n) is 5.62. The number of nitrogens with one attached hydrogen (secondary N) is 3. The highest BCUT2D eigenvalue weighted by Crippen LogP contribution is 2.28. The first kappa shape index (κ1) is 37.4. The van der Waals surface area contributed by atoms with Crippen LogP contribution in [0.15, 0.2) is 53.3 Å². The highest BCUT2D eigenvalue weighted by atomic mass is 19.4. The molecule has 2 amide bonds. The largest absolute Gasteiger partial charge is 0.506 e. The van der Waals surface area contributed by atoms with E-state index in [0.717, 1.165) is 5.56 Å². The number of likely N-dealkylation sites (tertiary alicyclic amines) is 1. The van der Waals surface area contributed by atoms with E-state index in [1.807, 2.05) is 29.2 Å². The highest BCUT2D eigenvalue weighted by molar-refractivity contribution is 5.90. The van der Waals surface area contributed by atoms with Gasteiger partial charge in [-0.3, -0.25) is 14.4 Å². The van der Waals surface area contributed by atoms with Crippen molar-refractivity contribution in [3.8, 4) is 5.75 Å². The Bertz CT molecular complexity index is 1640. The van der Waals surface area contributed by atoms with Crippen LogP contribution in [-0.4, -0.2) is 101 Å². The Morgan fingerprint density at radius 3 is 2.47 bits per heavy atom. The molecule has 2 aromatic carbocycles. The van der Waals surface area contributed by atoms with Crippen LogP contribution in [-0.2, 0) is 25.5 Å². The molecule has 0 aliphatic carbocycles. The Kier molecular flexibility index (Phi) is 13.2. The van der Waals surface area contributed by atoms with Crippen molar-refractivity contribution in [2.24, 2.45) is 0 Å². The minimum Gasteiger partial charge on any atom is -0.506 e. The predicted octanol–water partition coefficient (Wildman–Crippen LogP) is 3.24. The maximum Gasteiger partial charge on any atom is 0.490 e. The number of ether oxygens (including phenoxy) is 1. The third kappa shape index (κ3) is 11.3. The summed E-state index contributed by atoms with van der Waals surface area (Å²) in [5.41, 5.74) is 2.20. The van der Waals surface area contributed by atoms with Gasteiger partial charge in [0.15, 0.2) is 0 Å². The van der Waals surface area contributed by atoms with Crippen molar-refractivity contribution in [1.82, 2.24) is 20.1 Å². The lowest BCUT2D eigenvalue weighted by Crippen LogP contribution is -2.41. The van der Waals surface area contributed by atoms with Gasteiger partial charge >= 0.3 is 12.1 Å². The molecule has 15 heteroatoms. The summed E-state index contributed by atoms with van der Waals surface area (Å²) in [6.07, 6.45) is -4.48. The molecule has 1 aliphatic heterocycles. The van der Waals surface area contributed by atoms with Gasteiger partial charge < -0.3 is 40.4 Å². The first-order chi connectivity index (χ1) is 23.3. The molecule has 266 valence electrons. The lowest BCUT2D eigenvalue weighted by atomic mass is 10.0. The van der Waals surface area contributed by atoms with E-state index in [-0.39, 0.29) is 60.9 Å². The van der Waals surface area contributed by atoms with Crippen LogP contribution in [0.25, 0.3) is 10.9 Å². The zero-order valence-corrected chi connectivity index (χ0v) is 27.2. The molecule has 0 unspecified atom stereocenters. The van der Waals surface area contributed by atoms with E-state index in [9.17, 15) is 42.6 Å². The van der Waals surface area contributed by atoms with E-state index < -0.39 is 24.4 Å². The summed E-state index contributed by atoms with van der Waals surface area (Å²) < 4.78 is 41.7. The predicted molar refractivity (Wildman–Crippen MR) is 176 cm³/mol. The van der Waals surface area contributed by atoms with E-state index in [1.165, 1.54) is 12.1 Å². The van der Waals surface area contributed by atoms with Gasteiger partial charge in [-0.25, -0.2) is 4.79 Å². The standard InChI is InChI=1S/C34H42F3N5O7/c1-41(31(47)15-20-42-18-13-24(14-19-42)49-33(48)34(35,36)37)17-2-3-29(45)39-23-6-4-22(5-7-23)12-16-38-21-28(44)25-8-10-27(43)32-26(25)9-11-30(46)40-32/h4-11,24,28,38,43-44H,2-3,12-21H2,1H3,(H,39,45)(H,40,46)/t28-/m0/s1. The Balaban J connectivity index is 1.08. The molecular weight excluding hydrogens is 647 g/mol. The molecule has 0 radical (unpaired) electrons. The van der Waals surface area contributed by atoms with E-state index in [1.54, 1.807) is 24.1 Å². The molecule has 12 nitrogen and oxygen atoms in total. The lowest BCUT2D eigenvalue weighted by molar-refractivity contribution is -0.206. The molecular formula is C34H42F3N5O7. The number of hydrogen-bond donors (Lipinski definition) is 5. The van der Waals surface area contributed by atoms with Crippen LogP contribution < -0.4 is 16.2 Å². The molecule has 1 atom stereocenters. The number of nitrogens with zero attached hydrogens (tertiary/aromatic N) is 2. The van der Waals surface area contributed by atoms with Crippen molar-refractivity contribution >= 4 is 34.4 Å². The number of rotatable bonds is 15. The number of anilines is 1. The number of carbonyl (C=O) groups excluding carboxylic acids is 3. The minimum absolute atomic E-state index is 0.0670. The summed E-state index contributed by atoms with van der Waals surface area (Å²) in [5, 5.41) is 27.4. The van der Waals surface area contributed by atoms with Gasteiger partial charge in [0.25, 0.3) is 0 Å². The Hall–Kier alpha value is -4.47. The third-order valence-electron chi connectivity index (χ3n) is 8.44. The number of aromatic hydroxyl groups is 1. The average molecular weight is 690 g/mol. The number of esters is 1. The number of alkyl halides is 3. The summed E-state index contributed by atoms with van der Waals surface area (Å²) in [7, 11) is 1.66. The first-order valence-electron chi connectivity index (χ1n) is 16.2. The van der Waals surface area contributed by atoms with Crippen molar-refractivity contribution in [3.63, 3.8) is 0 Å². The minimum atomic E-state index is -5.01. The van der Waals surface area contributed by atoms with Gasteiger partial charge in [-0.1, -0.05) is 18.2 Å². The van der Waals surface area contributed by atoms with Crippen LogP contribution in [0, 0.1) is 0 Å². The second-order valence-electron chi connectivity index (χ2n) is 12.1. The fourth-order valence-corrected chi connectivity index (χ4v) is 5.62. The molecule has 1 aliphatic rings. The van der Waals surface area contributed by atoms with E-state index >= 15 is 0 Å². The smallest absolute Gasteiger partial charge is 0.490 e. The number of amides is 2. The fraction of sp³-hybridized carbons (Fsp3) is 0.471. The molecule has 3 aromatic rings. The molecule has 4 rings (SSSR count). The number of pyridine rings is 1. The topological polar surface area (TPSA) is 164 Å². The number of hydrogen-bond acceptors (Lipinski definition) is 9. The zero-order chi connectivity index (χ0) is 35.6. The number of phenols is 1. The second kappa shape index (κ2) is 17.3. The van der Waals surface area contributed by atoms with Gasteiger partial charge in [0.05, 0.1) is 11.6 Å². The number of fused-ring (bicyclic) bond motifs is 1. The normalized spacial score (nSPS) is 14.8. The van der Waals surface area contributed by atoms with Crippen molar-refractivity contribution < 1.29 is 42.5 Å².